The van der Waals surface area contributed by atoms with E-state index in [1.54, 1.807) is 12.4 Å². The zero-order valence-electron chi connectivity index (χ0n) is 9.93. The van der Waals surface area contributed by atoms with Crippen LogP contribution in [0.4, 0.5) is 0 Å². The van der Waals surface area contributed by atoms with Crippen molar-refractivity contribution in [1.82, 2.24) is 20.2 Å². The smallest absolute Gasteiger partial charge is 0.246 e. The summed E-state index contributed by atoms with van der Waals surface area (Å²) < 4.78 is 0. The SMILES string of the molecule is CCC(NC1CC(=O)N(C)C1=O)c1ncc[nH]1. The number of amides is 2. The zero-order chi connectivity index (χ0) is 12.4. The first-order valence-corrected chi connectivity index (χ1v) is 5.69. The molecule has 1 aromatic heterocycles. The number of rotatable bonds is 4. The molecule has 2 heterocycles. The Morgan fingerprint density at radius 3 is 2.88 bits per heavy atom. The van der Waals surface area contributed by atoms with Gasteiger partial charge in [-0.25, -0.2) is 4.98 Å². The maximum absolute atomic E-state index is 11.7. The van der Waals surface area contributed by atoms with Gasteiger partial charge in [-0.1, -0.05) is 6.92 Å². The first-order valence-electron chi connectivity index (χ1n) is 5.69. The van der Waals surface area contributed by atoms with Crippen LogP contribution in [0.15, 0.2) is 12.4 Å². The van der Waals surface area contributed by atoms with Gasteiger partial charge in [-0.15, -0.1) is 0 Å². The van der Waals surface area contributed by atoms with E-state index in [2.05, 4.69) is 15.3 Å². The average molecular weight is 236 g/mol. The summed E-state index contributed by atoms with van der Waals surface area (Å²) in [5.74, 6) is 0.490. The lowest BCUT2D eigenvalue weighted by molar-refractivity contribution is -0.137. The molecule has 0 radical (unpaired) electrons. The summed E-state index contributed by atoms with van der Waals surface area (Å²) in [6.07, 6.45) is 4.45. The largest absolute Gasteiger partial charge is 0.347 e. The molecule has 92 valence electrons. The van der Waals surface area contributed by atoms with Crippen molar-refractivity contribution in [2.45, 2.75) is 31.8 Å². The monoisotopic (exact) mass is 236 g/mol. The molecule has 2 unspecified atom stereocenters. The molecule has 1 fully saturated rings. The predicted octanol–water partition coefficient (Wildman–Crippen LogP) is 0.208. The maximum Gasteiger partial charge on any atom is 0.246 e. The van der Waals surface area contributed by atoms with E-state index in [-0.39, 0.29) is 24.3 Å². The number of nitrogens with one attached hydrogen (secondary N) is 2. The van der Waals surface area contributed by atoms with E-state index < -0.39 is 6.04 Å². The third-order valence-corrected chi connectivity index (χ3v) is 3.04. The number of nitrogens with zero attached hydrogens (tertiary/aromatic N) is 2. The summed E-state index contributed by atoms with van der Waals surface area (Å²) in [7, 11) is 1.51. The number of imidazole rings is 1. The summed E-state index contributed by atoms with van der Waals surface area (Å²) in [4.78, 5) is 31.5. The maximum atomic E-state index is 11.7. The molecule has 0 aromatic carbocycles. The van der Waals surface area contributed by atoms with E-state index in [1.165, 1.54) is 11.9 Å². The molecule has 1 aliphatic heterocycles. The number of likely N-dealkylation sites (tertiary alicyclic amines) is 1. The van der Waals surface area contributed by atoms with Crippen molar-refractivity contribution in [3.63, 3.8) is 0 Å². The molecule has 2 N–H and O–H groups in total. The second-order valence-corrected chi connectivity index (χ2v) is 4.15. The molecular formula is C11H16N4O2. The van der Waals surface area contributed by atoms with E-state index in [1.807, 2.05) is 6.92 Å². The van der Waals surface area contributed by atoms with Crippen LogP contribution >= 0.6 is 0 Å². The number of carbonyl (C=O) groups excluding carboxylic acids is 2. The fraction of sp³-hybridized carbons (Fsp3) is 0.545. The Bertz CT molecular complexity index is 415. The van der Waals surface area contributed by atoms with Gasteiger partial charge in [0.15, 0.2) is 0 Å². The molecule has 17 heavy (non-hydrogen) atoms. The number of aromatic amines is 1. The minimum absolute atomic E-state index is 0.0294. The van der Waals surface area contributed by atoms with E-state index in [9.17, 15) is 9.59 Å². The van der Waals surface area contributed by atoms with Gasteiger partial charge in [-0.05, 0) is 6.42 Å². The predicted molar refractivity (Wildman–Crippen MR) is 60.9 cm³/mol. The van der Waals surface area contributed by atoms with Crippen molar-refractivity contribution in [2.75, 3.05) is 7.05 Å². The number of imide groups is 1. The Hall–Kier alpha value is -1.69. The fourth-order valence-electron chi connectivity index (χ4n) is 1.99. The minimum Gasteiger partial charge on any atom is -0.347 e. The van der Waals surface area contributed by atoms with Crippen molar-refractivity contribution < 1.29 is 9.59 Å². The van der Waals surface area contributed by atoms with Crippen LogP contribution in [0.25, 0.3) is 0 Å². The van der Waals surface area contributed by atoms with E-state index in [0.29, 0.717) is 0 Å². The van der Waals surface area contributed by atoms with Gasteiger partial charge in [-0.3, -0.25) is 19.8 Å². The lowest BCUT2D eigenvalue weighted by atomic mass is 10.1. The number of hydrogen-bond donors (Lipinski definition) is 2. The molecule has 0 bridgehead atoms. The molecule has 1 saturated heterocycles. The minimum atomic E-state index is -0.428. The fourth-order valence-corrected chi connectivity index (χ4v) is 1.99. The molecule has 0 aliphatic carbocycles. The van der Waals surface area contributed by atoms with E-state index in [4.69, 9.17) is 0 Å². The highest BCUT2D eigenvalue weighted by molar-refractivity contribution is 6.05. The van der Waals surface area contributed by atoms with Crippen LogP contribution in [0.5, 0.6) is 0 Å². The van der Waals surface area contributed by atoms with Crippen LogP contribution in [0.3, 0.4) is 0 Å². The molecule has 2 amide bonds. The summed E-state index contributed by atoms with van der Waals surface area (Å²) in [6, 6.07) is -0.458. The van der Waals surface area contributed by atoms with E-state index >= 15 is 0 Å². The molecule has 0 spiro atoms. The normalized spacial score (nSPS) is 22.2. The highest BCUT2D eigenvalue weighted by atomic mass is 16.2. The van der Waals surface area contributed by atoms with Gasteiger partial charge in [0, 0.05) is 19.4 Å². The van der Waals surface area contributed by atoms with Gasteiger partial charge in [0.05, 0.1) is 18.5 Å². The van der Waals surface area contributed by atoms with Gasteiger partial charge >= 0.3 is 0 Å². The van der Waals surface area contributed by atoms with Crippen molar-refractivity contribution in [3.8, 4) is 0 Å². The van der Waals surface area contributed by atoms with Gasteiger partial charge in [0.1, 0.15) is 5.82 Å². The Morgan fingerprint density at radius 2 is 2.41 bits per heavy atom. The lowest BCUT2D eigenvalue weighted by Gasteiger charge is -2.18. The van der Waals surface area contributed by atoms with Gasteiger partial charge in [0.25, 0.3) is 0 Å². The zero-order valence-corrected chi connectivity index (χ0v) is 9.93. The number of likely N-dealkylation sites (N-methyl/N-ethyl adjacent to an activating group) is 1. The summed E-state index contributed by atoms with van der Waals surface area (Å²) >= 11 is 0. The highest BCUT2D eigenvalue weighted by Crippen LogP contribution is 2.17. The van der Waals surface area contributed by atoms with Gasteiger partial charge in [-0.2, -0.15) is 0 Å². The Balaban J connectivity index is 2.05. The van der Waals surface area contributed by atoms with Crippen LogP contribution in [0, 0.1) is 0 Å². The Morgan fingerprint density at radius 1 is 1.65 bits per heavy atom. The van der Waals surface area contributed by atoms with Gasteiger partial charge in [0.2, 0.25) is 11.8 Å². The van der Waals surface area contributed by atoms with E-state index in [0.717, 1.165) is 12.2 Å². The van der Waals surface area contributed by atoms with Crippen molar-refractivity contribution in [3.05, 3.63) is 18.2 Å². The van der Waals surface area contributed by atoms with Gasteiger partial charge < -0.3 is 4.98 Å². The van der Waals surface area contributed by atoms with Crippen molar-refractivity contribution in [1.29, 1.82) is 0 Å². The molecular weight excluding hydrogens is 220 g/mol. The third-order valence-electron chi connectivity index (χ3n) is 3.04. The number of carbonyl (C=O) groups is 2. The third kappa shape index (κ3) is 2.21. The summed E-state index contributed by atoms with van der Waals surface area (Å²) in [6.45, 7) is 2.01. The molecule has 6 heteroatoms. The molecule has 2 atom stereocenters. The van der Waals surface area contributed by atoms with Crippen LogP contribution in [-0.4, -0.2) is 39.8 Å². The number of hydrogen-bond acceptors (Lipinski definition) is 4. The highest BCUT2D eigenvalue weighted by Gasteiger charge is 2.37. The van der Waals surface area contributed by atoms with Crippen LogP contribution in [0.1, 0.15) is 31.6 Å². The summed E-state index contributed by atoms with van der Waals surface area (Å²) in [5.41, 5.74) is 0. The average Bonchev–Trinajstić information content (AvgIpc) is 2.92. The number of H-pyrrole nitrogens is 1. The second kappa shape index (κ2) is 4.67. The molecule has 6 nitrogen and oxygen atoms in total. The standard InChI is InChI=1S/C11H16N4O2/c1-3-7(10-12-4-5-13-10)14-8-6-9(16)15(2)11(8)17/h4-5,7-8,14H,3,6H2,1-2H3,(H,12,13). The molecule has 0 saturated carbocycles. The Kier molecular flexibility index (Phi) is 3.23. The quantitative estimate of drug-likeness (QED) is 0.732. The lowest BCUT2D eigenvalue weighted by Crippen LogP contribution is -2.39. The molecule has 1 aliphatic rings. The first kappa shape index (κ1) is 11.8. The van der Waals surface area contributed by atoms with Crippen molar-refractivity contribution >= 4 is 11.8 Å². The van der Waals surface area contributed by atoms with Crippen LogP contribution < -0.4 is 5.32 Å². The number of aromatic nitrogens is 2. The Labute approximate surface area is 99.4 Å². The first-order chi connectivity index (χ1) is 8.13. The van der Waals surface area contributed by atoms with Crippen LogP contribution in [-0.2, 0) is 9.59 Å². The summed E-state index contributed by atoms with van der Waals surface area (Å²) in [5, 5.41) is 3.17. The van der Waals surface area contributed by atoms with Crippen molar-refractivity contribution in [2.24, 2.45) is 0 Å². The van der Waals surface area contributed by atoms with Crippen LogP contribution in [0.2, 0.25) is 0 Å². The topological polar surface area (TPSA) is 78.1 Å². The second-order valence-electron chi connectivity index (χ2n) is 4.15. The molecule has 2 rings (SSSR count). The molecule has 1 aromatic rings.